The number of hydrogen-bond acceptors (Lipinski definition) is 4. The van der Waals surface area contributed by atoms with Crippen molar-refractivity contribution in [3.63, 3.8) is 0 Å². The molecule has 2 aliphatic heterocycles. The van der Waals surface area contributed by atoms with Gasteiger partial charge >= 0.3 is 5.97 Å². The van der Waals surface area contributed by atoms with Crippen molar-refractivity contribution in [2.45, 2.75) is 25.3 Å². The van der Waals surface area contributed by atoms with Crippen LogP contribution in [0.5, 0.6) is 0 Å². The Bertz CT molecular complexity index is 337. The minimum Gasteiger partial charge on any atom is -0.464 e. The molecule has 15 heavy (non-hydrogen) atoms. The van der Waals surface area contributed by atoms with Crippen LogP contribution in [0, 0.1) is 0 Å². The average molecular weight is 209 g/mol. The molecule has 1 atom stereocenters. The molecule has 0 aromatic carbocycles. The summed E-state index contributed by atoms with van der Waals surface area (Å²) in [5.41, 5.74) is -0.000556. The van der Waals surface area contributed by atoms with E-state index >= 15 is 0 Å². The zero-order valence-electron chi connectivity index (χ0n) is 8.91. The van der Waals surface area contributed by atoms with E-state index in [1.807, 2.05) is 4.90 Å². The third-order valence-electron chi connectivity index (χ3n) is 3.24. The van der Waals surface area contributed by atoms with Gasteiger partial charge in [-0.1, -0.05) is 6.58 Å². The average Bonchev–Trinajstić information content (AvgIpc) is 2.65. The van der Waals surface area contributed by atoms with E-state index in [4.69, 9.17) is 4.74 Å². The van der Waals surface area contributed by atoms with Gasteiger partial charge in [0.05, 0.1) is 13.2 Å². The second kappa shape index (κ2) is 3.45. The standard InChI is InChI=1S/C11H15NO3/c1-3-15-10(14)11-6-9(13)7-12(11)5-4-8(11)2/h2-7H2,1H3. The third-order valence-corrected chi connectivity index (χ3v) is 3.24. The van der Waals surface area contributed by atoms with Gasteiger partial charge in [-0.25, -0.2) is 4.79 Å². The Hall–Kier alpha value is -1.16. The highest BCUT2D eigenvalue weighted by atomic mass is 16.5. The maximum absolute atomic E-state index is 11.9. The Morgan fingerprint density at radius 1 is 1.67 bits per heavy atom. The number of Topliss-reactive ketones (excluding diaryl/α,β-unsaturated/α-hetero) is 1. The van der Waals surface area contributed by atoms with Crippen molar-refractivity contribution >= 4 is 11.8 Å². The lowest BCUT2D eigenvalue weighted by Crippen LogP contribution is -2.47. The lowest BCUT2D eigenvalue weighted by Gasteiger charge is -2.29. The van der Waals surface area contributed by atoms with Crippen molar-refractivity contribution in [3.8, 4) is 0 Å². The van der Waals surface area contributed by atoms with E-state index in [-0.39, 0.29) is 18.2 Å². The van der Waals surface area contributed by atoms with Crippen LogP contribution in [-0.2, 0) is 14.3 Å². The molecular formula is C11H15NO3. The predicted molar refractivity (Wildman–Crippen MR) is 54.3 cm³/mol. The second-order valence-electron chi connectivity index (χ2n) is 4.07. The Kier molecular flexibility index (Phi) is 2.38. The third kappa shape index (κ3) is 1.32. The molecule has 2 heterocycles. The van der Waals surface area contributed by atoms with Gasteiger partial charge in [0.25, 0.3) is 0 Å². The van der Waals surface area contributed by atoms with Gasteiger partial charge in [0, 0.05) is 13.0 Å². The van der Waals surface area contributed by atoms with Gasteiger partial charge in [-0.3, -0.25) is 9.69 Å². The SMILES string of the molecule is C=C1CCN2CC(=O)CC12C(=O)OCC. The molecule has 1 unspecified atom stereocenters. The largest absolute Gasteiger partial charge is 0.464 e. The van der Waals surface area contributed by atoms with Crippen molar-refractivity contribution in [1.82, 2.24) is 4.90 Å². The van der Waals surface area contributed by atoms with E-state index in [1.165, 1.54) is 0 Å². The summed E-state index contributed by atoms with van der Waals surface area (Å²) in [7, 11) is 0. The molecule has 0 aromatic heterocycles. The van der Waals surface area contributed by atoms with Crippen LogP contribution < -0.4 is 0 Å². The molecule has 0 aromatic rings. The van der Waals surface area contributed by atoms with Crippen molar-refractivity contribution in [1.29, 1.82) is 0 Å². The highest BCUT2D eigenvalue weighted by Gasteiger charge is 2.56. The molecule has 2 fully saturated rings. The summed E-state index contributed by atoms with van der Waals surface area (Å²) in [6, 6.07) is 0. The quantitative estimate of drug-likeness (QED) is 0.491. The van der Waals surface area contributed by atoms with Gasteiger partial charge in [-0.15, -0.1) is 0 Å². The summed E-state index contributed by atoms with van der Waals surface area (Å²) >= 11 is 0. The molecule has 2 aliphatic rings. The topological polar surface area (TPSA) is 46.6 Å². The second-order valence-corrected chi connectivity index (χ2v) is 4.07. The lowest BCUT2D eigenvalue weighted by molar-refractivity contribution is -0.152. The Morgan fingerprint density at radius 2 is 2.40 bits per heavy atom. The number of carbonyl (C=O) groups is 2. The highest BCUT2D eigenvalue weighted by molar-refractivity contribution is 5.97. The van der Waals surface area contributed by atoms with Gasteiger partial charge in [0.2, 0.25) is 0 Å². The van der Waals surface area contributed by atoms with E-state index in [0.29, 0.717) is 13.2 Å². The maximum Gasteiger partial charge on any atom is 0.331 e. The number of fused-ring (bicyclic) bond motifs is 1. The summed E-state index contributed by atoms with van der Waals surface area (Å²) in [6.45, 7) is 7.12. The fourth-order valence-corrected chi connectivity index (χ4v) is 2.49. The molecule has 82 valence electrons. The van der Waals surface area contributed by atoms with Gasteiger partial charge in [0.1, 0.15) is 11.3 Å². The minimum atomic E-state index is -0.826. The van der Waals surface area contributed by atoms with Crippen LogP contribution in [-0.4, -0.2) is 41.9 Å². The fraction of sp³-hybridized carbons (Fsp3) is 0.636. The Balaban J connectivity index is 2.32. The molecular weight excluding hydrogens is 194 g/mol. The zero-order valence-corrected chi connectivity index (χ0v) is 8.91. The van der Waals surface area contributed by atoms with E-state index in [1.54, 1.807) is 6.92 Å². The van der Waals surface area contributed by atoms with Gasteiger partial charge in [0.15, 0.2) is 0 Å². The molecule has 4 nitrogen and oxygen atoms in total. The first kappa shape index (κ1) is 10.4. The van der Waals surface area contributed by atoms with Crippen LogP contribution in [0.25, 0.3) is 0 Å². The molecule has 4 heteroatoms. The first-order valence-electron chi connectivity index (χ1n) is 5.23. The zero-order chi connectivity index (χ0) is 11.1. The number of ether oxygens (including phenoxy) is 1. The maximum atomic E-state index is 11.9. The normalized spacial score (nSPS) is 30.7. The van der Waals surface area contributed by atoms with E-state index in [2.05, 4.69) is 6.58 Å². The number of rotatable bonds is 2. The van der Waals surface area contributed by atoms with Crippen LogP contribution in [0.1, 0.15) is 19.8 Å². The van der Waals surface area contributed by atoms with Gasteiger partial charge < -0.3 is 4.74 Å². The van der Waals surface area contributed by atoms with Crippen LogP contribution in [0.15, 0.2) is 12.2 Å². The van der Waals surface area contributed by atoms with E-state index in [9.17, 15) is 9.59 Å². The Morgan fingerprint density at radius 3 is 3.07 bits per heavy atom. The van der Waals surface area contributed by atoms with Crippen molar-refractivity contribution in [3.05, 3.63) is 12.2 Å². The van der Waals surface area contributed by atoms with Crippen molar-refractivity contribution < 1.29 is 14.3 Å². The van der Waals surface area contributed by atoms with Crippen LogP contribution in [0.2, 0.25) is 0 Å². The summed E-state index contributed by atoms with van der Waals surface area (Å²) in [6.07, 6.45) is 1.02. The first-order valence-corrected chi connectivity index (χ1v) is 5.23. The monoisotopic (exact) mass is 209 g/mol. The number of ketones is 1. The highest BCUT2D eigenvalue weighted by Crippen LogP contribution is 2.41. The summed E-state index contributed by atoms with van der Waals surface area (Å²) in [5, 5.41) is 0. The van der Waals surface area contributed by atoms with Crippen molar-refractivity contribution in [2.75, 3.05) is 19.7 Å². The molecule has 0 spiro atoms. The molecule has 0 radical (unpaired) electrons. The molecule has 0 amide bonds. The van der Waals surface area contributed by atoms with E-state index in [0.717, 1.165) is 18.5 Å². The smallest absolute Gasteiger partial charge is 0.331 e. The first-order chi connectivity index (χ1) is 7.11. The fourth-order valence-electron chi connectivity index (χ4n) is 2.49. The van der Waals surface area contributed by atoms with Crippen molar-refractivity contribution in [2.24, 2.45) is 0 Å². The molecule has 2 rings (SSSR count). The van der Waals surface area contributed by atoms with Gasteiger partial charge in [-0.2, -0.15) is 0 Å². The predicted octanol–water partition coefficient (Wildman–Crippen LogP) is 0.523. The van der Waals surface area contributed by atoms with Crippen LogP contribution in [0.3, 0.4) is 0 Å². The number of carbonyl (C=O) groups excluding carboxylic acids is 2. The van der Waals surface area contributed by atoms with Gasteiger partial charge in [-0.05, 0) is 18.9 Å². The van der Waals surface area contributed by atoms with Crippen LogP contribution in [0.4, 0.5) is 0 Å². The number of hydrogen-bond donors (Lipinski definition) is 0. The summed E-state index contributed by atoms with van der Waals surface area (Å²) in [5.74, 6) is -0.206. The number of nitrogens with zero attached hydrogens (tertiary/aromatic N) is 1. The molecule has 0 N–H and O–H groups in total. The lowest BCUT2D eigenvalue weighted by atomic mass is 9.89. The van der Waals surface area contributed by atoms with Crippen LogP contribution >= 0.6 is 0 Å². The molecule has 0 aliphatic carbocycles. The molecule has 0 saturated carbocycles. The summed E-state index contributed by atoms with van der Waals surface area (Å²) < 4.78 is 5.06. The van der Waals surface area contributed by atoms with E-state index < -0.39 is 5.54 Å². The minimum absolute atomic E-state index is 0.101. The number of esters is 1. The Labute approximate surface area is 88.9 Å². The molecule has 2 saturated heterocycles. The summed E-state index contributed by atoms with van der Waals surface area (Å²) in [4.78, 5) is 25.3. The molecule has 0 bridgehead atoms.